The molecule has 0 bridgehead atoms. The highest BCUT2D eigenvalue weighted by molar-refractivity contribution is 7.89. The molecule has 3 aromatic rings. The van der Waals surface area contributed by atoms with Gasteiger partial charge in [-0.25, -0.2) is 8.42 Å². The highest BCUT2D eigenvalue weighted by Gasteiger charge is 2.32. The van der Waals surface area contributed by atoms with E-state index in [1.165, 1.54) is 22.7 Å². The van der Waals surface area contributed by atoms with Gasteiger partial charge in [-0.2, -0.15) is 4.31 Å². The summed E-state index contributed by atoms with van der Waals surface area (Å²) in [7, 11) is -3.94. The Bertz CT molecular complexity index is 1360. The highest BCUT2D eigenvalue weighted by Crippen LogP contribution is 2.24. The number of rotatable bonds is 11. The maximum absolute atomic E-state index is 13.5. The fraction of sp³-hybridized carbons (Fsp3) is 0.185. The zero-order valence-corrected chi connectivity index (χ0v) is 20.1. The number of aliphatic carboxylic acids is 1. The van der Waals surface area contributed by atoms with Crippen molar-refractivity contribution >= 4 is 21.8 Å². The van der Waals surface area contributed by atoms with Gasteiger partial charge in [0.05, 0.1) is 11.4 Å². The van der Waals surface area contributed by atoms with Crippen molar-refractivity contribution in [3.8, 4) is 0 Å². The Morgan fingerprint density at radius 3 is 2.22 bits per heavy atom. The van der Waals surface area contributed by atoms with E-state index in [1.807, 2.05) is 0 Å². The molecule has 36 heavy (non-hydrogen) atoms. The first-order valence-electron chi connectivity index (χ1n) is 11.3. The summed E-state index contributed by atoms with van der Waals surface area (Å²) >= 11 is 0. The predicted molar refractivity (Wildman–Crippen MR) is 131 cm³/mol. The molecule has 1 aliphatic rings. The average Bonchev–Trinajstić information content (AvgIpc) is 3.36. The normalized spacial score (nSPS) is 15.1. The molecule has 0 amide bonds. The highest BCUT2D eigenvalue weighted by atomic mass is 32.2. The summed E-state index contributed by atoms with van der Waals surface area (Å²) in [6.07, 6.45) is 0.384. The van der Waals surface area contributed by atoms with Crippen molar-refractivity contribution in [2.45, 2.75) is 30.6 Å². The quantitative estimate of drug-likeness (QED) is 0.391. The Morgan fingerprint density at radius 1 is 0.861 bits per heavy atom. The van der Waals surface area contributed by atoms with Gasteiger partial charge in [0.1, 0.15) is 6.26 Å². The van der Waals surface area contributed by atoms with E-state index < -0.39 is 22.3 Å². The summed E-state index contributed by atoms with van der Waals surface area (Å²) in [6, 6.07) is 23.7. The Labute approximate surface area is 209 Å². The first-order chi connectivity index (χ1) is 17.3. The summed E-state index contributed by atoms with van der Waals surface area (Å²) in [4.78, 5) is 23.7. The third-order valence-corrected chi connectivity index (χ3v) is 7.35. The molecule has 1 N–H and O–H groups in total. The van der Waals surface area contributed by atoms with Crippen molar-refractivity contribution in [1.82, 2.24) is 4.31 Å². The fourth-order valence-corrected chi connectivity index (χ4v) is 5.15. The van der Waals surface area contributed by atoms with Crippen LogP contribution in [0.3, 0.4) is 0 Å². The summed E-state index contributed by atoms with van der Waals surface area (Å²) in [5, 5.41) is 8.97. The Balaban J connectivity index is 1.54. The molecule has 1 aliphatic heterocycles. The zero-order chi connectivity index (χ0) is 25.5. The van der Waals surface area contributed by atoms with Crippen molar-refractivity contribution in [3.63, 3.8) is 0 Å². The van der Waals surface area contributed by atoms with Gasteiger partial charge in [-0.15, -0.1) is 0 Å². The van der Waals surface area contributed by atoms with Crippen LogP contribution in [-0.4, -0.2) is 42.4 Å². The average molecular weight is 508 g/mol. The first kappa shape index (κ1) is 25.2. The van der Waals surface area contributed by atoms with Gasteiger partial charge < -0.3 is 14.6 Å². The van der Waals surface area contributed by atoms with Crippen LogP contribution in [0.2, 0.25) is 0 Å². The molecule has 3 aromatic carbocycles. The number of hydrogen-bond acceptors (Lipinski definition) is 6. The number of carboxylic acids is 1. The third-order valence-electron chi connectivity index (χ3n) is 5.54. The Morgan fingerprint density at radius 2 is 1.53 bits per heavy atom. The Hall–Kier alpha value is -3.95. The zero-order valence-electron chi connectivity index (χ0n) is 19.3. The van der Waals surface area contributed by atoms with Crippen LogP contribution >= 0.6 is 0 Å². The molecule has 9 heteroatoms. The molecule has 186 valence electrons. The molecule has 1 heterocycles. The van der Waals surface area contributed by atoms with Crippen LogP contribution in [0.15, 0.2) is 102 Å². The summed E-state index contributed by atoms with van der Waals surface area (Å²) in [5.74, 6) is -1.07. The molecular weight excluding hydrogens is 482 g/mol. The van der Waals surface area contributed by atoms with Gasteiger partial charge >= 0.3 is 12.3 Å². The molecule has 0 radical (unpaired) electrons. The first-order valence-corrected chi connectivity index (χ1v) is 12.7. The lowest BCUT2D eigenvalue weighted by molar-refractivity contribution is -0.136. The Kier molecular flexibility index (Phi) is 7.82. The van der Waals surface area contributed by atoms with Gasteiger partial charge in [0.25, 0.3) is 0 Å². The van der Waals surface area contributed by atoms with Crippen LogP contribution < -0.4 is 0 Å². The molecule has 0 spiro atoms. The second kappa shape index (κ2) is 11.2. The SMILES string of the molecule is O=C(O)CCc1cccc(CN(CC2=COC(C(=O)c3ccccc3)O2)S(=O)(=O)c2ccccc2)c1. The third kappa shape index (κ3) is 6.18. The molecule has 4 rings (SSSR count). The minimum Gasteiger partial charge on any atom is -0.481 e. The van der Waals surface area contributed by atoms with Gasteiger partial charge in [0.2, 0.25) is 15.8 Å². The number of nitrogens with zero attached hydrogens (tertiary/aromatic N) is 1. The fourth-order valence-electron chi connectivity index (χ4n) is 3.74. The van der Waals surface area contributed by atoms with E-state index in [0.717, 1.165) is 5.56 Å². The van der Waals surface area contributed by atoms with Crippen LogP contribution in [0, 0.1) is 0 Å². The monoisotopic (exact) mass is 507 g/mol. The number of aryl methyl sites for hydroxylation is 1. The molecule has 0 fully saturated rings. The van der Waals surface area contributed by atoms with Gasteiger partial charge in [0, 0.05) is 18.5 Å². The van der Waals surface area contributed by atoms with Gasteiger partial charge in [0.15, 0.2) is 5.76 Å². The maximum Gasteiger partial charge on any atom is 0.304 e. The largest absolute Gasteiger partial charge is 0.481 e. The van der Waals surface area contributed by atoms with Crippen molar-refractivity contribution in [1.29, 1.82) is 0 Å². The number of hydrogen-bond donors (Lipinski definition) is 1. The van der Waals surface area contributed by atoms with Crippen molar-refractivity contribution in [2.75, 3.05) is 6.54 Å². The molecule has 8 nitrogen and oxygen atoms in total. The molecule has 1 unspecified atom stereocenters. The summed E-state index contributed by atoms with van der Waals surface area (Å²) < 4.78 is 39.4. The maximum atomic E-state index is 13.5. The molecule has 0 aliphatic carbocycles. The number of carbonyl (C=O) groups excluding carboxylic acids is 1. The predicted octanol–water partition coefficient (Wildman–Crippen LogP) is 3.99. The van der Waals surface area contributed by atoms with Gasteiger partial charge in [-0.1, -0.05) is 72.8 Å². The number of ketones is 1. The van der Waals surface area contributed by atoms with Crippen molar-refractivity contribution in [3.05, 3.63) is 114 Å². The number of Topliss-reactive ketones (excluding diaryl/α,β-unsaturated/α-hetero) is 1. The van der Waals surface area contributed by atoms with E-state index in [1.54, 1.807) is 72.8 Å². The number of benzene rings is 3. The van der Waals surface area contributed by atoms with E-state index in [0.29, 0.717) is 17.5 Å². The topological polar surface area (TPSA) is 110 Å². The number of sulfonamides is 1. The van der Waals surface area contributed by atoms with E-state index in [-0.39, 0.29) is 35.9 Å². The summed E-state index contributed by atoms with van der Waals surface area (Å²) in [5.41, 5.74) is 1.90. The number of carboxylic acid groups (broad SMARTS) is 1. The van der Waals surface area contributed by atoms with Crippen LogP contribution in [0.4, 0.5) is 0 Å². The van der Waals surface area contributed by atoms with Crippen LogP contribution in [0.1, 0.15) is 27.9 Å². The van der Waals surface area contributed by atoms with Crippen molar-refractivity contribution in [2.24, 2.45) is 0 Å². The van der Waals surface area contributed by atoms with Crippen LogP contribution in [0.25, 0.3) is 0 Å². The molecule has 1 atom stereocenters. The van der Waals surface area contributed by atoms with Crippen molar-refractivity contribution < 1.29 is 32.6 Å². The molecular formula is C27H25NO7S. The smallest absolute Gasteiger partial charge is 0.304 e. The van der Waals surface area contributed by atoms with E-state index in [2.05, 4.69) is 0 Å². The lowest BCUT2D eigenvalue weighted by atomic mass is 10.1. The second-order valence-electron chi connectivity index (χ2n) is 8.20. The van der Waals surface area contributed by atoms with Gasteiger partial charge in [-0.3, -0.25) is 9.59 Å². The second-order valence-corrected chi connectivity index (χ2v) is 10.1. The molecule has 0 saturated heterocycles. The van der Waals surface area contributed by atoms with Gasteiger partial charge in [-0.05, 0) is 29.7 Å². The van der Waals surface area contributed by atoms with E-state index in [4.69, 9.17) is 14.6 Å². The van der Waals surface area contributed by atoms with Crippen LogP contribution in [0.5, 0.6) is 0 Å². The lowest BCUT2D eigenvalue weighted by Gasteiger charge is -2.23. The minimum absolute atomic E-state index is 0.0101. The molecule has 0 aromatic heterocycles. The minimum atomic E-state index is -3.94. The van der Waals surface area contributed by atoms with E-state index in [9.17, 15) is 18.0 Å². The van der Waals surface area contributed by atoms with Crippen LogP contribution in [-0.2, 0) is 37.3 Å². The molecule has 0 saturated carbocycles. The number of carbonyl (C=O) groups is 2. The standard InChI is InChI=1S/C27H25NO7S/c29-25(30)15-14-20-8-7-9-21(16-20)17-28(36(32,33)24-12-5-2-6-13-24)18-23-19-34-27(35-23)26(31)22-10-3-1-4-11-22/h1-13,16,19,27H,14-15,17-18H2,(H,29,30). The summed E-state index contributed by atoms with van der Waals surface area (Å²) in [6.45, 7) is -0.148. The lowest BCUT2D eigenvalue weighted by Crippen LogP contribution is -2.33. The number of ether oxygens (including phenoxy) is 2. The van der Waals surface area contributed by atoms with E-state index >= 15 is 0 Å².